The Morgan fingerprint density at radius 3 is 2.94 bits per heavy atom. The molecule has 18 heavy (non-hydrogen) atoms. The van der Waals surface area contributed by atoms with E-state index in [9.17, 15) is 4.79 Å². The zero-order valence-corrected chi connectivity index (χ0v) is 11.4. The molecule has 1 fully saturated rings. The molecule has 4 nitrogen and oxygen atoms in total. The van der Waals surface area contributed by atoms with Crippen molar-refractivity contribution in [2.24, 2.45) is 0 Å². The van der Waals surface area contributed by atoms with Crippen molar-refractivity contribution in [2.45, 2.75) is 26.0 Å². The van der Waals surface area contributed by atoms with Crippen LogP contribution in [-0.4, -0.2) is 29.7 Å². The first-order valence-electron chi connectivity index (χ1n) is 6.04. The molecule has 0 spiro atoms. The van der Waals surface area contributed by atoms with E-state index in [1.54, 1.807) is 11.8 Å². The predicted octanol–water partition coefficient (Wildman–Crippen LogP) is 2.07. The fourth-order valence-electron chi connectivity index (χ4n) is 1.71. The average Bonchev–Trinajstić information content (AvgIpc) is 2.84. The summed E-state index contributed by atoms with van der Waals surface area (Å²) in [6.45, 7) is 3.93. The summed E-state index contributed by atoms with van der Waals surface area (Å²) in [6.07, 6.45) is 0.0863. The number of thioether (sulfide) groups is 1. The molecule has 2 rings (SSSR count). The molecular formula is C13H18N2O2S. The van der Waals surface area contributed by atoms with Crippen LogP contribution in [-0.2, 0) is 4.79 Å². The number of carbonyl (C=O) groups is 1. The fraction of sp³-hybridized carbons (Fsp3) is 0.462. The largest absolute Gasteiger partial charge is 0.489 e. The minimum Gasteiger partial charge on any atom is -0.489 e. The van der Waals surface area contributed by atoms with E-state index in [-0.39, 0.29) is 18.1 Å². The van der Waals surface area contributed by atoms with Gasteiger partial charge in [-0.2, -0.15) is 0 Å². The summed E-state index contributed by atoms with van der Waals surface area (Å²) in [4.78, 5) is 12.0. The molecule has 1 aromatic carbocycles. The predicted molar refractivity (Wildman–Crippen MR) is 75.1 cm³/mol. The summed E-state index contributed by atoms with van der Waals surface area (Å²) >= 11 is 1.73. The molecule has 1 aliphatic rings. The van der Waals surface area contributed by atoms with Crippen molar-refractivity contribution in [3.05, 3.63) is 24.3 Å². The molecule has 1 aromatic rings. The Bertz CT molecular complexity index is 417. The molecule has 0 saturated carbocycles. The third kappa shape index (κ3) is 3.40. The van der Waals surface area contributed by atoms with E-state index in [0.29, 0.717) is 5.75 Å². The number of nitrogens with one attached hydrogen (secondary N) is 2. The van der Waals surface area contributed by atoms with Gasteiger partial charge in [0, 0.05) is 11.6 Å². The Morgan fingerprint density at radius 2 is 2.28 bits per heavy atom. The Labute approximate surface area is 111 Å². The third-order valence-corrected chi connectivity index (χ3v) is 3.48. The topological polar surface area (TPSA) is 50.4 Å². The van der Waals surface area contributed by atoms with Crippen molar-refractivity contribution < 1.29 is 9.53 Å². The molecule has 1 heterocycles. The fourth-order valence-corrected chi connectivity index (χ4v) is 2.65. The van der Waals surface area contributed by atoms with Crippen molar-refractivity contribution in [3.63, 3.8) is 0 Å². The maximum absolute atomic E-state index is 12.0. The van der Waals surface area contributed by atoms with E-state index < -0.39 is 0 Å². The Hall–Kier alpha value is -1.20. The number of amides is 1. The van der Waals surface area contributed by atoms with Gasteiger partial charge in [-0.05, 0) is 26.0 Å². The van der Waals surface area contributed by atoms with Crippen molar-refractivity contribution in [1.29, 1.82) is 0 Å². The number of rotatable bonds is 4. The van der Waals surface area contributed by atoms with Crippen LogP contribution < -0.4 is 15.4 Å². The van der Waals surface area contributed by atoms with E-state index in [4.69, 9.17) is 4.74 Å². The van der Waals surface area contributed by atoms with Crippen LogP contribution in [0.1, 0.15) is 13.8 Å². The molecule has 1 saturated heterocycles. The maximum Gasteiger partial charge on any atom is 0.242 e. The smallest absolute Gasteiger partial charge is 0.242 e. The van der Waals surface area contributed by atoms with Crippen LogP contribution in [0.5, 0.6) is 5.75 Å². The van der Waals surface area contributed by atoms with Gasteiger partial charge in [-0.15, -0.1) is 11.8 Å². The van der Waals surface area contributed by atoms with Gasteiger partial charge in [0.05, 0.1) is 17.8 Å². The van der Waals surface area contributed by atoms with Crippen molar-refractivity contribution in [1.82, 2.24) is 5.32 Å². The average molecular weight is 266 g/mol. The van der Waals surface area contributed by atoms with Gasteiger partial charge in [0.1, 0.15) is 5.75 Å². The Balaban J connectivity index is 2.05. The highest BCUT2D eigenvalue weighted by molar-refractivity contribution is 7.99. The molecule has 98 valence electrons. The third-order valence-electron chi connectivity index (χ3n) is 2.54. The molecule has 1 amide bonds. The second kappa shape index (κ2) is 6.11. The van der Waals surface area contributed by atoms with Crippen LogP contribution in [0.3, 0.4) is 0 Å². The minimum atomic E-state index is -0.109. The number of carbonyl (C=O) groups excluding carboxylic acids is 1. The van der Waals surface area contributed by atoms with E-state index in [0.717, 1.165) is 17.3 Å². The number of anilines is 1. The number of hydrogen-bond acceptors (Lipinski definition) is 4. The molecule has 0 aliphatic carbocycles. The quantitative estimate of drug-likeness (QED) is 0.876. The first kappa shape index (κ1) is 13.2. The van der Waals surface area contributed by atoms with Crippen molar-refractivity contribution in [2.75, 3.05) is 16.9 Å². The van der Waals surface area contributed by atoms with Crippen molar-refractivity contribution >= 4 is 23.4 Å². The maximum atomic E-state index is 12.0. The standard InChI is InChI=1S/C13H18N2O2S/c1-9(2)17-12-6-4-3-5-10(12)15-13(16)11-7-18-8-14-11/h3-6,9,11,14H,7-8H2,1-2H3,(H,15,16). The summed E-state index contributed by atoms with van der Waals surface area (Å²) in [6, 6.07) is 7.41. The van der Waals surface area contributed by atoms with E-state index in [1.165, 1.54) is 0 Å². The van der Waals surface area contributed by atoms with Crippen LogP contribution >= 0.6 is 11.8 Å². The van der Waals surface area contributed by atoms with Gasteiger partial charge in [0.15, 0.2) is 0 Å². The van der Waals surface area contributed by atoms with Crippen LogP contribution in [0.15, 0.2) is 24.3 Å². The van der Waals surface area contributed by atoms with Crippen LogP contribution in [0.2, 0.25) is 0 Å². The summed E-state index contributed by atoms with van der Waals surface area (Å²) < 4.78 is 5.67. The highest BCUT2D eigenvalue weighted by Gasteiger charge is 2.23. The molecule has 1 aliphatic heterocycles. The van der Waals surface area contributed by atoms with E-state index >= 15 is 0 Å². The lowest BCUT2D eigenvalue weighted by atomic mass is 10.2. The van der Waals surface area contributed by atoms with Gasteiger partial charge < -0.3 is 10.1 Å². The molecule has 2 N–H and O–H groups in total. The lowest BCUT2D eigenvalue weighted by molar-refractivity contribution is -0.117. The second-order valence-corrected chi connectivity index (χ2v) is 5.45. The molecule has 1 unspecified atom stereocenters. The zero-order chi connectivity index (χ0) is 13.0. The summed E-state index contributed by atoms with van der Waals surface area (Å²) in [5, 5.41) is 6.07. The lowest BCUT2D eigenvalue weighted by Gasteiger charge is -2.16. The number of ether oxygens (including phenoxy) is 1. The highest BCUT2D eigenvalue weighted by Crippen LogP contribution is 2.25. The Kier molecular flexibility index (Phi) is 4.49. The molecular weight excluding hydrogens is 248 g/mol. The highest BCUT2D eigenvalue weighted by atomic mass is 32.2. The minimum absolute atomic E-state index is 0.000180. The first-order chi connectivity index (χ1) is 8.66. The lowest BCUT2D eigenvalue weighted by Crippen LogP contribution is -2.37. The van der Waals surface area contributed by atoms with Crippen LogP contribution in [0, 0.1) is 0 Å². The molecule has 0 radical (unpaired) electrons. The second-order valence-electron chi connectivity index (χ2n) is 4.42. The van der Waals surface area contributed by atoms with Gasteiger partial charge in [-0.1, -0.05) is 12.1 Å². The van der Waals surface area contributed by atoms with Gasteiger partial charge in [-0.25, -0.2) is 0 Å². The van der Waals surface area contributed by atoms with E-state index in [2.05, 4.69) is 10.6 Å². The summed E-state index contributed by atoms with van der Waals surface area (Å²) in [7, 11) is 0. The number of benzene rings is 1. The summed E-state index contributed by atoms with van der Waals surface area (Å²) in [5.74, 6) is 2.37. The first-order valence-corrected chi connectivity index (χ1v) is 7.20. The van der Waals surface area contributed by atoms with Gasteiger partial charge in [-0.3, -0.25) is 10.1 Å². The van der Waals surface area contributed by atoms with E-state index in [1.807, 2.05) is 38.1 Å². The molecule has 0 aromatic heterocycles. The van der Waals surface area contributed by atoms with Crippen molar-refractivity contribution in [3.8, 4) is 5.75 Å². The molecule has 0 bridgehead atoms. The zero-order valence-electron chi connectivity index (χ0n) is 10.6. The molecule has 1 atom stereocenters. The number of hydrogen-bond donors (Lipinski definition) is 2. The summed E-state index contributed by atoms with van der Waals surface area (Å²) in [5.41, 5.74) is 0.731. The van der Waals surface area contributed by atoms with Crippen LogP contribution in [0.4, 0.5) is 5.69 Å². The SMILES string of the molecule is CC(C)Oc1ccccc1NC(=O)C1CSCN1. The Morgan fingerprint density at radius 1 is 1.50 bits per heavy atom. The van der Waals surface area contributed by atoms with Crippen LogP contribution in [0.25, 0.3) is 0 Å². The van der Waals surface area contributed by atoms with Gasteiger partial charge in [0.2, 0.25) is 5.91 Å². The number of para-hydroxylation sites is 2. The normalized spacial score (nSPS) is 18.9. The van der Waals surface area contributed by atoms with Gasteiger partial charge in [0.25, 0.3) is 0 Å². The monoisotopic (exact) mass is 266 g/mol. The molecule has 5 heteroatoms. The van der Waals surface area contributed by atoms with Gasteiger partial charge >= 0.3 is 0 Å².